The Bertz CT molecular complexity index is 495. The molecule has 0 aliphatic carbocycles. The lowest BCUT2D eigenvalue weighted by atomic mass is 10.1. The minimum absolute atomic E-state index is 0.158. The molecule has 21 heavy (non-hydrogen) atoms. The first kappa shape index (κ1) is 15.2. The van der Waals surface area contributed by atoms with Crippen molar-refractivity contribution in [2.75, 3.05) is 6.67 Å². The van der Waals surface area contributed by atoms with Gasteiger partial charge in [0.1, 0.15) is 18.9 Å². The number of halogens is 2. The maximum Gasteiger partial charge on any atom is 0.198 e. The van der Waals surface area contributed by atoms with Crippen LogP contribution in [0.15, 0.2) is 16.7 Å². The summed E-state index contributed by atoms with van der Waals surface area (Å²) in [4.78, 5) is 0. The second-order valence-electron chi connectivity index (χ2n) is 5.41. The first-order valence-electron chi connectivity index (χ1n) is 6.97. The molecule has 0 amide bonds. The van der Waals surface area contributed by atoms with E-state index in [0.29, 0.717) is 5.22 Å². The first-order valence-corrected chi connectivity index (χ1v) is 7.34. The number of furan rings is 1. The number of hydrogen-bond acceptors (Lipinski definition) is 5. The predicted molar refractivity (Wildman–Crippen MR) is 71.6 cm³/mol. The van der Waals surface area contributed by atoms with Crippen molar-refractivity contribution in [2.24, 2.45) is 0 Å². The van der Waals surface area contributed by atoms with Crippen LogP contribution >= 0.6 is 11.6 Å². The van der Waals surface area contributed by atoms with E-state index in [1.807, 2.05) is 6.92 Å². The maximum absolute atomic E-state index is 13.0. The number of fused-ring (bicyclic) bond motifs is 1. The molecule has 5 atom stereocenters. The van der Waals surface area contributed by atoms with Crippen LogP contribution in [0.4, 0.5) is 4.39 Å². The summed E-state index contributed by atoms with van der Waals surface area (Å²) in [5.41, 5.74) is 0.752. The van der Waals surface area contributed by atoms with E-state index in [1.165, 1.54) is 6.26 Å². The average Bonchev–Trinajstić information content (AvgIpc) is 3.10. The van der Waals surface area contributed by atoms with Crippen LogP contribution in [0.1, 0.15) is 25.8 Å². The van der Waals surface area contributed by atoms with Gasteiger partial charge in [-0.25, -0.2) is 4.39 Å². The average molecular weight is 321 g/mol. The third-order valence-corrected chi connectivity index (χ3v) is 4.12. The maximum atomic E-state index is 13.0. The van der Waals surface area contributed by atoms with Gasteiger partial charge in [0.2, 0.25) is 0 Å². The summed E-state index contributed by atoms with van der Waals surface area (Å²) in [5, 5.41) is 0.302. The van der Waals surface area contributed by atoms with Crippen molar-refractivity contribution in [3.8, 4) is 0 Å². The van der Waals surface area contributed by atoms with Crippen LogP contribution in [0.2, 0.25) is 5.22 Å². The highest BCUT2D eigenvalue weighted by atomic mass is 35.5. The lowest BCUT2D eigenvalue weighted by Crippen LogP contribution is -2.38. The van der Waals surface area contributed by atoms with E-state index in [4.69, 9.17) is 35.0 Å². The van der Waals surface area contributed by atoms with E-state index >= 15 is 0 Å². The molecule has 0 N–H and O–H groups in total. The van der Waals surface area contributed by atoms with Crippen LogP contribution in [0.25, 0.3) is 0 Å². The summed E-state index contributed by atoms with van der Waals surface area (Å²) in [7, 11) is 0. The molecule has 2 fully saturated rings. The normalized spacial score (nSPS) is 38.9. The van der Waals surface area contributed by atoms with E-state index in [9.17, 15) is 4.39 Å². The van der Waals surface area contributed by atoms with Crippen molar-refractivity contribution in [2.45, 2.75) is 57.3 Å². The summed E-state index contributed by atoms with van der Waals surface area (Å²) in [6, 6.07) is 1.74. The quantitative estimate of drug-likeness (QED) is 0.834. The van der Waals surface area contributed by atoms with Crippen molar-refractivity contribution in [3.05, 3.63) is 23.1 Å². The molecule has 5 nitrogen and oxygen atoms in total. The highest BCUT2D eigenvalue weighted by molar-refractivity contribution is 6.29. The summed E-state index contributed by atoms with van der Waals surface area (Å²) >= 11 is 5.89. The summed E-state index contributed by atoms with van der Waals surface area (Å²) in [5.74, 6) is -1.26. The van der Waals surface area contributed by atoms with Crippen LogP contribution in [0.3, 0.4) is 0 Å². The third-order valence-electron chi connectivity index (χ3n) is 3.79. The van der Waals surface area contributed by atoms with Gasteiger partial charge in [-0.2, -0.15) is 0 Å². The Labute approximate surface area is 127 Å². The van der Waals surface area contributed by atoms with Gasteiger partial charge in [-0.05, 0) is 31.0 Å². The Balaban J connectivity index is 1.68. The van der Waals surface area contributed by atoms with Crippen LogP contribution in [0, 0.1) is 0 Å². The van der Waals surface area contributed by atoms with E-state index in [1.54, 1.807) is 13.0 Å². The molecule has 2 aliphatic heterocycles. The molecule has 7 heteroatoms. The van der Waals surface area contributed by atoms with Crippen molar-refractivity contribution in [1.82, 2.24) is 0 Å². The zero-order valence-electron chi connectivity index (χ0n) is 11.9. The third kappa shape index (κ3) is 2.83. The van der Waals surface area contributed by atoms with Gasteiger partial charge in [-0.3, -0.25) is 0 Å². The number of alkyl halides is 1. The van der Waals surface area contributed by atoms with E-state index in [0.717, 1.165) is 12.0 Å². The molecule has 2 saturated heterocycles. The monoisotopic (exact) mass is 320 g/mol. The number of rotatable bonds is 5. The molecule has 0 radical (unpaired) electrons. The molecule has 3 rings (SSSR count). The molecular weight excluding hydrogens is 303 g/mol. The van der Waals surface area contributed by atoms with Crippen molar-refractivity contribution in [3.63, 3.8) is 0 Å². The van der Waals surface area contributed by atoms with E-state index in [2.05, 4.69) is 0 Å². The molecule has 118 valence electrons. The Morgan fingerprint density at radius 3 is 2.86 bits per heavy atom. The second kappa shape index (κ2) is 5.85. The van der Waals surface area contributed by atoms with Crippen LogP contribution in [-0.4, -0.2) is 37.1 Å². The lowest BCUT2D eigenvalue weighted by molar-refractivity contribution is -0.233. The summed E-state index contributed by atoms with van der Waals surface area (Å²) < 4.78 is 40.8. The standard InChI is InChI=1S/C14H18ClFO5/c1-3-9-10(18-6-8-4-5-17-12(8)15)11-13(19-9)21-14(2,7-16)20-11/h4-5,9-11,13H,3,6-7H2,1-2H3/t9-,10+,11-,13-,14?/m1/s1. The van der Waals surface area contributed by atoms with Crippen LogP contribution in [0.5, 0.6) is 0 Å². The van der Waals surface area contributed by atoms with E-state index in [-0.39, 0.29) is 18.8 Å². The largest absolute Gasteiger partial charge is 0.453 e. The molecule has 0 spiro atoms. The molecule has 2 aliphatic rings. The number of hydrogen-bond donors (Lipinski definition) is 0. The fraction of sp³-hybridized carbons (Fsp3) is 0.714. The fourth-order valence-corrected chi connectivity index (χ4v) is 2.84. The molecule has 1 aromatic rings. The van der Waals surface area contributed by atoms with Crippen molar-refractivity contribution in [1.29, 1.82) is 0 Å². The lowest BCUT2D eigenvalue weighted by Gasteiger charge is -2.26. The van der Waals surface area contributed by atoms with Crippen LogP contribution < -0.4 is 0 Å². The Morgan fingerprint density at radius 1 is 1.43 bits per heavy atom. The van der Waals surface area contributed by atoms with Gasteiger partial charge in [0.15, 0.2) is 17.3 Å². The van der Waals surface area contributed by atoms with Gasteiger partial charge in [0, 0.05) is 5.56 Å². The smallest absolute Gasteiger partial charge is 0.198 e. The predicted octanol–water partition coefficient (Wildman–Crippen LogP) is 3.05. The highest BCUT2D eigenvalue weighted by Gasteiger charge is 2.56. The first-order chi connectivity index (χ1) is 10.1. The zero-order valence-corrected chi connectivity index (χ0v) is 12.6. The van der Waals surface area contributed by atoms with Gasteiger partial charge in [0.25, 0.3) is 0 Å². The van der Waals surface area contributed by atoms with Gasteiger partial charge in [-0.1, -0.05) is 6.92 Å². The molecule has 1 aromatic heterocycles. The van der Waals surface area contributed by atoms with Gasteiger partial charge in [0.05, 0.1) is 19.0 Å². The number of ether oxygens (including phenoxy) is 4. The minimum Gasteiger partial charge on any atom is -0.453 e. The Kier molecular flexibility index (Phi) is 4.25. The zero-order chi connectivity index (χ0) is 15.0. The molecule has 0 saturated carbocycles. The van der Waals surface area contributed by atoms with Gasteiger partial charge in [-0.15, -0.1) is 0 Å². The van der Waals surface area contributed by atoms with Crippen molar-refractivity contribution >= 4 is 11.6 Å². The fourth-order valence-electron chi connectivity index (χ4n) is 2.67. The molecule has 0 bridgehead atoms. The molecule has 1 unspecified atom stereocenters. The van der Waals surface area contributed by atoms with E-state index < -0.39 is 24.9 Å². The van der Waals surface area contributed by atoms with Crippen molar-refractivity contribution < 1.29 is 27.8 Å². The van der Waals surface area contributed by atoms with Gasteiger partial charge >= 0.3 is 0 Å². The minimum atomic E-state index is -1.26. The molecule has 0 aromatic carbocycles. The topological polar surface area (TPSA) is 50.1 Å². The summed E-state index contributed by atoms with van der Waals surface area (Å²) in [6.07, 6.45) is 0.716. The van der Waals surface area contributed by atoms with Crippen LogP contribution in [-0.2, 0) is 25.6 Å². The Morgan fingerprint density at radius 2 is 2.24 bits per heavy atom. The summed E-state index contributed by atoms with van der Waals surface area (Å²) in [6.45, 7) is 3.08. The highest BCUT2D eigenvalue weighted by Crippen LogP contribution is 2.40. The SMILES string of the molecule is CC[C@H]1O[C@@H]2OC(C)(CF)O[C@@H]2[C@H]1OCc1ccoc1Cl. The van der Waals surface area contributed by atoms with Gasteiger partial charge < -0.3 is 23.4 Å². The Hall–Kier alpha value is -0.660. The molecular formula is C14H18ClFO5. The second-order valence-corrected chi connectivity index (χ2v) is 5.76. The molecule has 3 heterocycles.